The fraction of sp³-hybridized carbons (Fsp3) is 0.600. The Morgan fingerprint density at radius 1 is 1.26 bits per heavy atom. The van der Waals surface area contributed by atoms with E-state index in [-0.39, 0.29) is 0 Å². The van der Waals surface area contributed by atoms with Gasteiger partial charge in [0, 0.05) is 25.2 Å². The fourth-order valence-corrected chi connectivity index (χ4v) is 2.67. The zero-order valence-corrected chi connectivity index (χ0v) is 11.5. The number of benzene rings is 1. The molecule has 2 rings (SSSR count). The van der Waals surface area contributed by atoms with Crippen molar-refractivity contribution in [1.82, 2.24) is 10.2 Å². The Morgan fingerprint density at radius 3 is 2.68 bits per heavy atom. The largest absolute Gasteiger partial charge is 0.313 e. The van der Waals surface area contributed by atoms with Crippen LogP contribution in [-0.2, 0) is 6.54 Å². The Bertz CT molecular complexity index is 389. The Hall–Kier alpha value is -1.00. The minimum Gasteiger partial charge on any atom is -0.313 e. The van der Waals surface area contributed by atoms with Crippen LogP contribution in [-0.4, -0.2) is 30.6 Å². The summed E-state index contributed by atoms with van der Waals surface area (Å²) in [6.07, 6.45) is 3.46. The number of rotatable bonds is 5. The van der Waals surface area contributed by atoms with Crippen LogP contribution in [0.3, 0.4) is 0 Å². The van der Waals surface area contributed by atoms with E-state index in [1.807, 2.05) is 0 Å². The zero-order valence-electron chi connectivity index (χ0n) is 11.5. The van der Waals surface area contributed by atoms with E-state index in [9.17, 15) is 8.78 Å². The topological polar surface area (TPSA) is 15.3 Å². The maximum absolute atomic E-state index is 13.2. The van der Waals surface area contributed by atoms with Gasteiger partial charge < -0.3 is 5.32 Å². The molecule has 0 spiro atoms. The first-order valence-electron chi connectivity index (χ1n) is 7.08. The third-order valence-corrected chi connectivity index (χ3v) is 3.52. The van der Waals surface area contributed by atoms with Crippen LogP contribution in [0.1, 0.15) is 31.7 Å². The van der Waals surface area contributed by atoms with Gasteiger partial charge in [-0.3, -0.25) is 4.90 Å². The average Bonchev–Trinajstić information content (AvgIpc) is 2.35. The minimum atomic E-state index is -0.493. The molecule has 1 aliphatic heterocycles. The predicted molar refractivity (Wildman–Crippen MR) is 73.0 cm³/mol. The summed E-state index contributed by atoms with van der Waals surface area (Å²) in [5.74, 6) is -0.986. The summed E-state index contributed by atoms with van der Waals surface area (Å²) >= 11 is 0. The number of nitrogens with zero attached hydrogens (tertiary/aromatic N) is 1. The van der Waals surface area contributed by atoms with Crippen molar-refractivity contribution in [2.45, 2.75) is 38.8 Å². The van der Waals surface area contributed by atoms with Gasteiger partial charge in [0.05, 0.1) is 0 Å². The average molecular weight is 268 g/mol. The van der Waals surface area contributed by atoms with Crippen molar-refractivity contribution < 1.29 is 8.78 Å². The number of nitrogens with one attached hydrogen (secondary N) is 1. The van der Waals surface area contributed by atoms with Gasteiger partial charge in [-0.25, -0.2) is 8.78 Å². The maximum atomic E-state index is 13.2. The van der Waals surface area contributed by atoms with Gasteiger partial charge in [-0.15, -0.1) is 0 Å². The monoisotopic (exact) mass is 268 g/mol. The summed E-state index contributed by atoms with van der Waals surface area (Å²) in [5, 5.41) is 3.52. The molecule has 0 bridgehead atoms. The van der Waals surface area contributed by atoms with Gasteiger partial charge in [0.25, 0.3) is 0 Å². The number of piperidine rings is 1. The van der Waals surface area contributed by atoms with E-state index >= 15 is 0 Å². The van der Waals surface area contributed by atoms with E-state index in [0.29, 0.717) is 18.2 Å². The van der Waals surface area contributed by atoms with E-state index in [1.54, 1.807) is 0 Å². The molecule has 2 nitrogen and oxygen atoms in total. The molecule has 1 unspecified atom stereocenters. The molecule has 0 radical (unpaired) electrons. The van der Waals surface area contributed by atoms with Gasteiger partial charge in [-0.1, -0.05) is 6.92 Å². The number of hydrogen-bond donors (Lipinski definition) is 1. The minimum absolute atomic E-state index is 0.493. The molecule has 0 amide bonds. The second-order valence-corrected chi connectivity index (χ2v) is 5.31. The van der Waals surface area contributed by atoms with Gasteiger partial charge in [-0.2, -0.15) is 0 Å². The normalized spacial score (nSPS) is 20.7. The number of hydrogen-bond acceptors (Lipinski definition) is 2. The molecule has 106 valence electrons. The molecule has 0 saturated carbocycles. The summed E-state index contributed by atoms with van der Waals surface area (Å²) in [6, 6.07) is 4.27. The van der Waals surface area contributed by atoms with Crippen molar-refractivity contribution in [2.75, 3.05) is 19.6 Å². The standard InChI is InChI=1S/C15H22F2N2/c1-2-5-18-15-4-3-6-19(11-15)10-12-7-13(16)9-14(17)8-12/h7-9,15,18H,2-6,10-11H2,1H3. The lowest BCUT2D eigenvalue weighted by Crippen LogP contribution is -2.45. The Morgan fingerprint density at radius 2 is 2.00 bits per heavy atom. The van der Waals surface area contributed by atoms with Crippen LogP contribution >= 0.6 is 0 Å². The molecular formula is C15H22F2N2. The van der Waals surface area contributed by atoms with Crippen molar-refractivity contribution in [3.8, 4) is 0 Å². The highest BCUT2D eigenvalue weighted by molar-refractivity contribution is 5.17. The molecule has 1 aromatic carbocycles. The summed E-state index contributed by atoms with van der Waals surface area (Å²) in [7, 11) is 0. The summed E-state index contributed by atoms with van der Waals surface area (Å²) < 4.78 is 26.3. The lowest BCUT2D eigenvalue weighted by Gasteiger charge is -2.33. The SMILES string of the molecule is CCCNC1CCCN(Cc2cc(F)cc(F)c2)C1. The first kappa shape index (κ1) is 14.4. The molecule has 19 heavy (non-hydrogen) atoms. The van der Waals surface area contributed by atoms with Crippen LogP contribution in [0, 0.1) is 11.6 Å². The van der Waals surface area contributed by atoms with E-state index in [1.165, 1.54) is 18.6 Å². The first-order valence-corrected chi connectivity index (χ1v) is 7.08. The molecule has 1 atom stereocenters. The fourth-order valence-electron chi connectivity index (χ4n) is 2.67. The lowest BCUT2D eigenvalue weighted by molar-refractivity contribution is 0.183. The van der Waals surface area contributed by atoms with Crippen LogP contribution in [0.2, 0.25) is 0 Å². The Labute approximate surface area is 113 Å². The highest BCUT2D eigenvalue weighted by Gasteiger charge is 2.19. The van der Waals surface area contributed by atoms with Crippen LogP contribution in [0.5, 0.6) is 0 Å². The van der Waals surface area contributed by atoms with Crippen LogP contribution < -0.4 is 5.32 Å². The molecule has 1 saturated heterocycles. The van der Waals surface area contributed by atoms with Crippen molar-refractivity contribution in [3.63, 3.8) is 0 Å². The highest BCUT2D eigenvalue weighted by atomic mass is 19.1. The van der Waals surface area contributed by atoms with Crippen molar-refractivity contribution in [1.29, 1.82) is 0 Å². The zero-order chi connectivity index (χ0) is 13.7. The van der Waals surface area contributed by atoms with Crippen LogP contribution in [0.25, 0.3) is 0 Å². The highest BCUT2D eigenvalue weighted by Crippen LogP contribution is 2.15. The Kier molecular flexibility index (Phi) is 5.28. The molecular weight excluding hydrogens is 246 g/mol. The third kappa shape index (κ3) is 4.55. The van der Waals surface area contributed by atoms with Crippen molar-refractivity contribution >= 4 is 0 Å². The van der Waals surface area contributed by atoms with Gasteiger partial charge in [0.1, 0.15) is 11.6 Å². The second-order valence-electron chi connectivity index (χ2n) is 5.31. The summed E-state index contributed by atoms with van der Waals surface area (Å²) in [5.41, 5.74) is 0.716. The summed E-state index contributed by atoms with van der Waals surface area (Å²) in [6.45, 7) is 5.77. The molecule has 4 heteroatoms. The number of halogens is 2. The molecule has 0 aliphatic carbocycles. The molecule has 1 aliphatic rings. The van der Waals surface area contributed by atoms with E-state index in [2.05, 4.69) is 17.1 Å². The molecule has 1 aromatic rings. The molecule has 1 N–H and O–H groups in total. The van der Waals surface area contributed by atoms with Crippen LogP contribution in [0.4, 0.5) is 8.78 Å². The second kappa shape index (κ2) is 6.96. The van der Waals surface area contributed by atoms with E-state index < -0.39 is 11.6 Å². The predicted octanol–water partition coefficient (Wildman–Crippen LogP) is 2.93. The van der Waals surface area contributed by atoms with Crippen molar-refractivity contribution in [2.24, 2.45) is 0 Å². The number of likely N-dealkylation sites (tertiary alicyclic amines) is 1. The molecule has 1 heterocycles. The smallest absolute Gasteiger partial charge is 0.126 e. The van der Waals surface area contributed by atoms with Gasteiger partial charge in [0.2, 0.25) is 0 Å². The molecule has 1 fully saturated rings. The van der Waals surface area contributed by atoms with Gasteiger partial charge in [0.15, 0.2) is 0 Å². The van der Waals surface area contributed by atoms with Crippen molar-refractivity contribution in [3.05, 3.63) is 35.4 Å². The summed E-state index contributed by atoms with van der Waals surface area (Å²) in [4.78, 5) is 2.27. The lowest BCUT2D eigenvalue weighted by atomic mass is 10.0. The first-order chi connectivity index (χ1) is 9.17. The maximum Gasteiger partial charge on any atom is 0.126 e. The quantitative estimate of drug-likeness (QED) is 0.883. The van der Waals surface area contributed by atoms with E-state index in [0.717, 1.165) is 38.5 Å². The van der Waals surface area contributed by atoms with Gasteiger partial charge >= 0.3 is 0 Å². The Balaban J connectivity index is 1.91. The van der Waals surface area contributed by atoms with Crippen LogP contribution in [0.15, 0.2) is 18.2 Å². The third-order valence-electron chi connectivity index (χ3n) is 3.52. The van der Waals surface area contributed by atoms with E-state index in [4.69, 9.17) is 0 Å². The van der Waals surface area contributed by atoms with Gasteiger partial charge in [-0.05, 0) is 50.0 Å². The molecule has 0 aromatic heterocycles.